The highest BCUT2D eigenvalue weighted by Crippen LogP contribution is 2.32. The van der Waals surface area contributed by atoms with E-state index in [2.05, 4.69) is 15.7 Å². The Balaban J connectivity index is 1.66. The minimum absolute atomic E-state index is 0.125. The Hall–Kier alpha value is -1.68. The second kappa shape index (κ2) is 5.13. The largest absolute Gasteiger partial charge is 0.326 e. The minimum atomic E-state index is 0.125. The zero-order valence-electron chi connectivity index (χ0n) is 10.8. The monoisotopic (exact) mass is 272 g/mol. The lowest BCUT2D eigenvalue weighted by molar-refractivity contribution is -0.116. The molecule has 1 amide bonds. The van der Waals surface area contributed by atoms with E-state index in [-0.39, 0.29) is 5.91 Å². The molecular weight excluding hydrogens is 256 g/mol. The molecule has 0 atom stereocenters. The molecule has 3 rings (SSSR count). The van der Waals surface area contributed by atoms with Gasteiger partial charge in [-0.15, -0.1) is 11.3 Å². The van der Waals surface area contributed by atoms with Crippen LogP contribution in [0.2, 0.25) is 0 Å². The number of aryl methyl sites for hydroxylation is 1. The van der Waals surface area contributed by atoms with E-state index in [0.717, 1.165) is 22.0 Å². The number of aromatic nitrogens is 1. The van der Waals surface area contributed by atoms with Gasteiger partial charge in [-0.2, -0.15) is 0 Å². The third kappa shape index (κ3) is 3.20. The van der Waals surface area contributed by atoms with E-state index < -0.39 is 0 Å². The van der Waals surface area contributed by atoms with Gasteiger partial charge >= 0.3 is 0 Å². The molecule has 1 aliphatic carbocycles. The number of amides is 1. The maximum Gasteiger partial charge on any atom is 0.224 e. The smallest absolute Gasteiger partial charge is 0.224 e. The van der Waals surface area contributed by atoms with Crippen LogP contribution in [0.1, 0.15) is 24.3 Å². The SMILES string of the molecule is Cc1nc(-c2ccc(NC(=O)CC3CC3)cc2)cs1. The molecular formula is C15H16N2OS. The summed E-state index contributed by atoms with van der Waals surface area (Å²) in [7, 11) is 0. The Bertz CT molecular complexity index is 584. The van der Waals surface area contributed by atoms with E-state index in [4.69, 9.17) is 0 Å². The summed E-state index contributed by atoms with van der Waals surface area (Å²) >= 11 is 1.65. The van der Waals surface area contributed by atoms with Gasteiger partial charge in [0.05, 0.1) is 10.7 Å². The van der Waals surface area contributed by atoms with Crippen molar-refractivity contribution in [2.75, 3.05) is 5.32 Å². The number of hydrogen-bond donors (Lipinski definition) is 1. The fraction of sp³-hybridized carbons (Fsp3) is 0.333. The normalized spacial score (nSPS) is 14.4. The zero-order chi connectivity index (χ0) is 13.2. The average Bonchev–Trinajstić information content (AvgIpc) is 3.09. The van der Waals surface area contributed by atoms with Crippen LogP contribution in [-0.4, -0.2) is 10.9 Å². The van der Waals surface area contributed by atoms with Crippen molar-refractivity contribution >= 4 is 22.9 Å². The van der Waals surface area contributed by atoms with Crippen molar-refractivity contribution in [2.24, 2.45) is 5.92 Å². The highest BCUT2D eigenvalue weighted by molar-refractivity contribution is 7.09. The second-order valence-electron chi connectivity index (χ2n) is 5.02. The van der Waals surface area contributed by atoms with Crippen molar-refractivity contribution in [1.82, 2.24) is 4.98 Å². The van der Waals surface area contributed by atoms with Gasteiger partial charge in [0.15, 0.2) is 0 Å². The Morgan fingerprint density at radius 3 is 2.68 bits per heavy atom. The average molecular weight is 272 g/mol. The predicted octanol–water partition coefficient (Wildman–Crippen LogP) is 3.86. The van der Waals surface area contributed by atoms with Gasteiger partial charge in [0.2, 0.25) is 5.91 Å². The Kier molecular flexibility index (Phi) is 3.34. The first-order valence-electron chi connectivity index (χ1n) is 6.53. The van der Waals surface area contributed by atoms with Gasteiger partial charge in [0.25, 0.3) is 0 Å². The van der Waals surface area contributed by atoms with Crippen LogP contribution in [0.4, 0.5) is 5.69 Å². The van der Waals surface area contributed by atoms with Crippen molar-refractivity contribution in [1.29, 1.82) is 0 Å². The van der Waals surface area contributed by atoms with Crippen LogP contribution in [0.3, 0.4) is 0 Å². The maximum atomic E-state index is 11.7. The summed E-state index contributed by atoms with van der Waals surface area (Å²) in [6.07, 6.45) is 3.07. The van der Waals surface area contributed by atoms with Crippen LogP contribution in [0.25, 0.3) is 11.3 Å². The summed E-state index contributed by atoms with van der Waals surface area (Å²) in [5.74, 6) is 0.747. The number of carbonyl (C=O) groups is 1. The first-order chi connectivity index (χ1) is 9.20. The first kappa shape index (κ1) is 12.4. The molecule has 3 nitrogen and oxygen atoms in total. The topological polar surface area (TPSA) is 42.0 Å². The van der Waals surface area contributed by atoms with E-state index in [9.17, 15) is 4.79 Å². The summed E-state index contributed by atoms with van der Waals surface area (Å²) in [5, 5.41) is 6.06. The maximum absolute atomic E-state index is 11.7. The Labute approximate surface area is 116 Å². The van der Waals surface area contributed by atoms with Gasteiger partial charge in [0, 0.05) is 23.1 Å². The predicted molar refractivity (Wildman–Crippen MR) is 78.3 cm³/mol. The van der Waals surface area contributed by atoms with Crippen molar-refractivity contribution < 1.29 is 4.79 Å². The Morgan fingerprint density at radius 2 is 2.11 bits per heavy atom. The molecule has 1 N–H and O–H groups in total. The quantitative estimate of drug-likeness (QED) is 0.918. The third-order valence-corrected chi connectivity index (χ3v) is 4.03. The summed E-state index contributed by atoms with van der Waals surface area (Å²) in [4.78, 5) is 16.1. The van der Waals surface area contributed by atoms with Gasteiger partial charge in [-0.25, -0.2) is 4.98 Å². The molecule has 1 aliphatic rings. The molecule has 0 unspecified atom stereocenters. The molecule has 19 heavy (non-hydrogen) atoms. The Morgan fingerprint density at radius 1 is 1.37 bits per heavy atom. The van der Waals surface area contributed by atoms with Crippen LogP contribution < -0.4 is 5.32 Å². The molecule has 0 spiro atoms. The third-order valence-electron chi connectivity index (χ3n) is 3.25. The molecule has 1 saturated carbocycles. The van der Waals surface area contributed by atoms with E-state index >= 15 is 0 Å². The number of nitrogens with zero attached hydrogens (tertiary/aromatic N) is 1. The van der Waals surface area contributed by atoms with E-state index in [1.54, 1.807) is 11.3 Å². The number of nitrogens with one attached hydrogen (secondary N) is 1. The molecule has 0 radical (unpaired) electrons. The summed E-state index contributed by atoms with van der Waals surface area (Å²) < 4.78 is 0. The molecule has 0 saturated heterocycles. The molecule has 0 aliphatic heterocycles. The lowest BCUT2D eigenvalue weighted by atomic mass is 10.1. The lowest BCUT2D eigenvalue weighted by Gasteiger charge is -2.05. The molecule has 1 heterocycles. The number of hydrogen-bond acceptors (Lipinski definition) is 3. The van der Waals surface area contributed by atoms with Gasteiger partial charge in [0.1, 0.15) is 0 Å². The summed E-state index contributed by atoms with van der Waals surface area (Å²) in [5.41, 5.74) is 2.95. The number of benzene rings is 1. The molecule has 0 bridgehead atoms. The van der Waals surface area contributed by atoms with E-state index in [0.29, 0.717) is 12.3 Å². The fourth-order valence-corrected chi connectivity index (χ4v) is 2.64. The number of carbonyl (C=O) groups excluding carboxylic acids is 1. The van der Waals surface area contributed by atoms with Crippen molar-refractivity contribution in [2.45, 2.75) is 26.2 Å². The lowest BCUT2D eigenvalue weighted by Crippen LogP contribution is -2.11. The summed E-state index contributed by atoms with van der Waals surface area (Å²) in [6.45, 7) is 2.00. The molecule has 4 heteroatoms. The van der Waals surface area contributed by atoms with Crippen LogP contribution in [0.15, 0.2) is 29.6 Å². The molecule has 1 aromatic heterocycles. The van der Waals surface area contributed by atoms with Gasteiger partial charge in [-0.05, 0) is 37.8 Å². The molecule has 1 fully saturated rings. The van der Waals surface area contributed by atoms with Crippen LogP contribution in [0, 0.1) is 12.8 Å². The van der Waals surface area contributed by atoms with Crippen molar-refractivity contribution in [3.8, 4) is 11.3 Å². The zero-order valence-corrected chi connectivity index (χ0v) is 11.7. The molecule has 98 valence electrons. The first-order valence-corrected chi connectivity index (χ1v) is 7.41. The summed E-state index contributed by atoms with van der Waals surface area (Å²) in [6, 6.07) is 7.88. The van der Waals surface area contributed by atoms with E-state index in [1.807, 2.05) is 31.2 Å². The van der Waals surface area contributed by atoms with Crippen molar-refractivity contribution in [3.05, 3.63) is 34.7 Å². The van der Waals surface area contributed by atoms with Crippen LogP contribution >= 0.6 is 11.3 Å². The van der Waals surface area contributed by atoms with E-state index in [1.165, 1.54) is 12.8 Å². The number of rotatable bonds is 4. The second-order valence-corrected chi connectivity index (χ2v) is 6.09. The van der Waals surface area contributed by atoms with Gasteiger partial charge in [-0.1, -0.05) is 12.1 Å². The van der Waals surface area contributed by atoms with Gasteiger partial charge < -0.3 is 5.32 Å². The fourth-order valence-electron chi connectivity index (χ4n) is 2.02. The molecule has 1 aromatic carbocycles. The van der Waals surface area contributed by atoms with Gasteiger partial charge in [-0.3, -0.25) is 4.79 Å². The number of anilines is 1. The van der Waals surface area contributed by atoms with Crippen LogP contribution in [-0.2, 0) is 4.79 Å². The standard InChI is InChI=1S/C15H16N2OS/c1-10-16-14(9-19-10)12-4-6-13(7-5-12)17-15(18)8-11-2-3-11/h4-7,9,11H,2-3,8H2,1H3,(H,17,18). The minimum Gasteiger partial charge on any atom is -0.326 e. The molecule has 2 aromatic rings. The highest BCUT2D eigenvalue weighted by Gasteiger charge is 2.24. The van der Waals surface area contributed by atoms with Crippen molar-refractivity contribution in [3.63, 3.8) is 0 Å². The number of thiazole rings is 1. The highest BCUT2D eigenvalue weighted by atomic mass is 32.1. The van der Waals surface area contributed by atoms with Crippen LogP contribution in [0.5, 0.6) is 0 Å².